The first kappa shape index (κ1) is 18.3. The molecule has 144 valence electrons. The number of aliphatic carboxylic acids is 1. The molecule has 0 bridgehead atoms. The van der Waals surface area contributed by atoms with Crippen LogP contribution in [0.2, 0.25) is 0 Å². The summed E-state index contributed by atoms with van der Waals surface area (Å²) in [6.45, 7) is 6.29. The van der Waals surface area contributed by atoms with Crippen LogP contribution in [0, 0.1) is 17.8 Å². The maximum absolute atomic E-state index is 12.3. The van der Waals surface area contributed by atoms with E-state index < -0.39 is 18.0 Å². The molecule has 0 aromatic carbocycles. The van der Waals surface area contributed by atoms with Crippen LogP contribution in [-0.2, 0) is 9.59 Å². The fourth-order valence-corrected chi connectivity index (χ4v) is 6.43. The lowest BCUT2D eigenvalue weighted by Crippen LogP contribution is -2.63. The Morgan fingerprint density at radius 3 is 2.58 bits per heavy atom. The predicted octanol–water partition coefficient (Wildman–Crippen LogP) is 0.295. The second kappa shape index (κ2) is 6.51. The zero-order valence-corrected chi connectivity index (χ0v) is 16.0. The third-order valence-corrected chi connectivity index (χ3v) is 7.99. The number of fused-ring (bicyclic) bond motifs is 1. The summed E-state index contributed by atoms with van der Waals surface area (Å²) in [5.74, 6) is -1.17. The molecule has 2 saturated heterocycles. The number of hydrogen-bond acceptors (Lipinski definition) is 6. The Hall–Kier alpha value is -1.09. The van der Waals surface area contributed by atoms with Gasteiger partial charge >= 0.3 is 5.97 Å². The van der Waals surface area contributed by atoms with Crippen LogP contribution in [0.15, 0.2) is 10.6 Å². The lowest BCUT2D eigenvalue weighted by molar-refractivity contribution is -0.163. The quantitative estimate of drug-likeness (QED) is 0.568. The minimum atomic E-state index is -1.04. The molecule has 3 aliphatic heterocycles. The van der Waals surface area contributed by atoms with Gasteiger partial charge < -0.3 is 20.8 Å². The van der Waals surface area contributed by atoms with Crippen LogP contribution in [0.4, 0.5) is 0 Å². The van der Waals surface area contributed by atoms with Gasteiger partial charge in [-0.05, 0) is 32.2 Å². The molecule has 0 aromatic rings. The van der Waals surface area contributed by atoms with Crippen LogP contribution < -0.4 is 5.73 Å². The zero-order valence-electron chi connectivity index (χ0n) is 15.2. The number of carbonyl (C=O) groups is 2. The summed E-state index contributed by atoms with van der Waals surface area (Å²) < 4.78 is 0. The second-order valence-electron chi connectivity index (χ2n) is 8.19. The van der Waals surface area contributed by atoms with Crippen molar-refractivity contribution >= 4 is 23.6 Å². The number of nitrogens with two attached hydrogens (primary N) is 1. The number of carbonyl (C=O) groups excluding carboxylic acids is 1. The number of rotatable bonds is 6. The van der Waals surface area contributed by atoms with Crippen LogP contribution in [0.25, 0.3) is 0 Å². The van der Waals surface area contributed by atoms with Crippen molar-refractivity contribution in [1.29, 1.82) is 0 Å². The topological polar surface area (TPSA) is 107 Å². The lowest BCUT2D eigenvalue weighted by Gasteiger charge is -2.50. The van der Waals surface area contributed by atoms with Crippen molar-refractivity contribution in [3.8, 4) is 0 Å². The molecular weight excluding hydrogens is 354 g/mol. The van der Waals surface area contributed by atoms with E-state index in [9.17, 15) is 19.8 Å². The Balaban J connectivity index is 1.42. The molecule has 4 N–H and O–H groups in total. The van der Waals surface area contributed by atoms with Crippen LogP contribution in [0.1, 0.15) is 26.7 Å². The van der Waals surface area contributed by atoms with E-state index in [1.54, 1.807) is 18.7 Å². The van der Waals surface area contributed by atoms with Crippen LogP contribution in [0.5, 0.6) is 0 Å². The van der Waals surface area contributed by atoms with E-state index in [1.165, 1.54) is 17.7 Å². The first-order chi connectivity index (χ1) is 12.3. The molecule has 1 aliphatic carbocycles. The molecule has 0 spiro atoms. The highest BCUT2D eigenvalue weighted by atomic mass is 32.2. The average Bonchev–Trinajstić information content (AvgIpc) is 2.72. The second-order valence-corrected chi connectivity index (χ2v) is 9.53. The molecule has 1 amide bonds. The third-order valence-electron chi connectivity index (χ3n) is 6.54. The molecule has 7 nitrogen and oxygen atoms in total. The molecule has 4 rings (SSSR count). The molecule has 3 heterocycles. The maximum atomic E-state index is 12.3. The van der Waals surface area contributed by atoms with Gasteiger partial charge in [0.25, 0.3) is 0 Å². The highest BCUT2D eigenvalue weighted by molar-refractivity contribution is 8.03. The van der Waals surface area contributed by atoms with Crippen LogP contribution in [0.3, 0.4) is 0 Å². The lowest BCUT2D eigenvalue weighted by atomic mass is 9.78. The largest absolute Gasteiger partial charge is 0.477 e. The minimum absolute atomic E-state index is 0.0391. The first-order valence-electron chi connectivity index (χ1n) is 9.42. The van der Waals surface area contributed by atoms with Crippen LogP contribution >= 0.6 is 11.8 Å². The molecule has 4 aliphatic rings. The monoisotopic (exact) mass is 381 g/mol. The zero-order chi connectivity index (χ0) is 18.7. The van der Waals surface area contributed by atoms with Crippen molar-refractivity contribution in [2.75, 3.05) is 19.6 Å². The van der Waals surface area contributed by atoms with Crippen molar-refractivity contribution < 1.29 is 19.8 Å². The fraction of sp³-hybridized carbons (Fsp3) is 0.778. The molecule has 0 unspecified atom stereocenters. The summed E-state index contributed by atoms with van der Waals surface area (Å²) in [4.78, 5) is 28.8. The Morgan fingerprint density at radius 1 is 1.38 bits per heavy atom. The number of likely N-dealkylation sites (tertiary alicyclic amines) is 1. The summed E-state index contributed by atoms with van der Waals surface area (Å²) in [6.07, 6.45) is 1.60. The minimum Gasteiger partial charge on any atom is -0.477 e. The summed E-state index contributed by atoms with van der Waals surface area (Å²) in [5.41, 5.74) is 5.83. The van der Waals surface area contributed by atoms with E-state index in [0.29, 0.717) is 17.2 Å². The number of aliphatic hydroxyl groups is 1. The maximum Gasteiger partial charge on any atom is 0.353 e. The van der Waals surface area contributed by atoms with E-state index in [1.807, 2.05) is 6.92 Å². The summed E-state index contributed by atoms with van der Waals surface area (Å²) in [7, 11) is 0. The van der Waals surface area contributed by atoms with Gasteiger partial charge in [-0.2, -0.15) is 0 Å². The summed E-state index contributed by atoms with van der Waals surface area (Å²) in [5, 5.41) is 19.9. The van der Waals surface area contributed by atoms with Crippen molar-refractivity contribution in [2.45, 2.75) is 50.1 Å². The Labute approximate surface area is 157 Å². The molecule has 8 heteroatoms. The van der Waals surface area contributed by atoms with Crippen LogP contribution in [-0.4, -0.2) is 75.0 Å². The van der Waals surface area contributed by atoms with Crippen molar-refractivity contribution in [3.63, 3.8) is 0 Å². The van der Waals surface area contributed by atoms with Crippen molar-refractivity contribution in [2.24, 2.45) is 23.5 Å². The molecule has 26 heavy (non-hydrogen) atoms. The number of hydrogen-bond donors (Lipinski definition) is 3. The van der Waals surface area contributed by atoms with Crippen molar-refractivity contribution in [3.05, 3.63) is 10.6 Å². The van der Waals surface area contributed by atoms with Gasteiger partial charge in [0.1, 0.15) is 5.70 Å². The first-order valence-corrected chi connectivity index (χ1v) is 10.3. The third kappa shape index (κ3) is 2.61. The molecule has 3 fully saturated rings. The normalized spacial score (nSPS) is 38.5. The number of aliphatic hydroxyl groups excluding tert-OH is 1. The smallest absolute Gasteiger partial charge is 0.353 e. The number of β-lactam (4-membered cyclic amide) rings is 1. The number of carboxylic acids is 1. The van der Waals surface area contributed by atoms with Gasteiger partial charge in [0, 0.05) is 35.2 Å². The van der Waals surface area contributed by atoms with E-state index >= 15 is 0 Å². The highest BCUT2D eigenvalue weighted by Crippen LogP contribution is 2.52. The van der Waals surface area contributed by atoms with Gasteiger partial charge in [0.15, 0.2) is 0 Å². The van der Waals surface area contributed by atoms with Gasteiger partial charge in [-0.25, -0.2) is 4.79 Å². The van der Waals surface area contributed by atoms with Gasteiger partial charge in [0.2, 0.25) is 5.91 Å². The van der Waals surface area contributed by atoms with Gasteiger partial charge in [-0.15, -0.1) is 11.8 Å². The molecule has 0 aromatic heterocycles. The number of nitrogens with zero attached hydrogens (tertiary/aromatic N) is 2. The predicted molar refractivity (Wildman–Crippen MR) is 98.1 cm³/mol. The van der Waals surface area contributed by atoms with Gasteiger partial charge in [-0.1, -0.05) is 6.92 Å². The SMILES string of the molecule is C[C@@H](O)[C@H]1C(=O)N2C(C(=O)O)=C(SC3CN([C@H]4C[C@@H](CN)C4)C3)[C@H](C)[C@H]12. The van der Waals surface area contributed by atoms with E-state index in [0.717, 1.165) is 24.5 Å². The van der Waals surface area contributed by atoms with E-state index in [2.05, 4.69) is 4.90 Å². The highest BCUT2D eigenvalue weighted by Gasteiger charge is 2.60. The molecule has 0 radical (unpaired) electrons. The number of thioether (sulfide) groups is 1. The summed E-state index contributed by atoms with van der Waals surface area (Å²) in [6, 6.07) is 0.416. The Kier molecular flexibility index (Phi) is 4.58. The standard InChI is InChI=1S/C18H27N3O4S/c1-8-14-13(9(2)22)17(23)21(14)15(18(24)25)16(8)26-12-6-20(7-12)11-3-10(4-11)5-19/h8-14,22H,3-7,19H2,1-2H3,(H,24,25)/t8-,9-,10-,11+,13-,14-/m1/s1. The number of carboxylic acid groups (broad SMARTS) is 1. The average molecular weight is 381 g/mol. The molecular formula is C18H27N3O4S. The van der Waals surface area contributed by atoms with Gasteiger partial charge in [0.05, 0.1) is 18.1 Å². The Bertz CT molecular complexity index is 655. The fourth-order valence-electron chi connectivity index (χ4n) is 4.89. The Morgan fingerprint density at radius 2 is 2.04 bits per heavy atom. The molecule has 1 saturated carbocycles. The van der Waals surface area contributed by atoms with Gasteiger partial charge in [-0.3, -0.25) is 9.69 Å². The van der Waals surface area contributed by atoms with E-state index in [-0.39, 0.29) is 23.6 Å². The molecule has 4 atom stereocenters. The number of amides is 1. The van der Waals surface area contributed by atoms with Crippen molar-refractivity contribution in [1.82, 2.24) is 9.80 Å². The summed E-state index contributed by atoms with van der Waals surface area (Å²) >= 11 is 1.62. The van der Waals surface area contributed by atoms with E-state index in [4.69, 9.17) is 5.73 Å².